The maximum Gasteiger partial charge on any atom is 0.114 e. The lowest BCUT2D eigenvalue weighted by Crippen LogP contribution is -2.84. The molecule has 76 heavy (non-hydrogen) atoms. The van der Waals surface area contributed by atoms with Crippen LogP contribution in [0.2, 0.25) is 0 Å². The van der Waals surface area contributed by atoms with Crippen molar-refractivity contribution in [1.29, 1.82) is 0 Å². The number of aliphatic carboxylic acids is 3. The predicted octanol–water partition coefficient (Wildman–Crippen LogP) is 12.2. The Bertz CT molecular complexity index is 935. The summed E-state index contributed by atoms with van der Waals surface area (Å²) >= 11 is 0. The van der Waals surface area contributed by atoms with Crippen LogP contribution in [-0.4, -0.2) is 67.9 Å². The summed E-state index contributed by atoms with van der Waals surface area (Å²) < 4.78 is 0. The molecule has 0 atom stereocenters. The molecule has 0 amide bonds. The van der Waals surface area contributed by atoms with E-state index in [1.807, 2.05) is 0 Å². The summed E-state index contributed by atoms with van der Waals surface area (Å²) in [6.07, 6.45) is 66.7. The van der Waals surface area contributed by atoms with E-state index in [4.69, 9.17) is 5.11 Å². The molecule has 0 aliphatic rings. The highest BCUT2D eigenvalue weighted by molar-refractivity contribution is 5.86. The number of carboxylic acids is 3. The average molecular weight is 1080 g/mol. The third-order valence-corrected chi connectivity index (χ3v) is 14.8. The van der Waals surface area contributed by atoms with E-state index in [-0.39, 0.29) is 0 Å². The van der Waals surface area contributed by atoms with Crippen LogP contribution in [0.25, 0.3) is 0 Å². The number of unbranched alkanes of at least 4 members (excludes halogenated alkanes) is 42. The first-order valence-corrected chi connectivity index (χ1v) is 33.8. The molecular formula is C66H137N3O7. The van der Waals surface area contributed by atoms with Crippen LogP contribution in [0.5, 0.6) is 0 Å². The number of carbonyl (C=O) groups excluding carboxylic acids is 3. The third-order valence-electron chi connectivity index (χ3n) is 14.8. The fourth-order valence-electron chi connectivity index (χ4n) is 9.65. The summed E-state index contributed by atoms with van der Waals surface area (Å²) in [5.74, 6) is -5.98. The molecule has 0 rings (SSSR count). The van der Waals surface area contributed by atoms with Crippen molar-refractivity contribution in [3.63, 3.8) is 0 Å². The van der Waals surface area contributed by atoms with E-state index < -0.39 is 36.4 Å². The number of aliphatic hydroxyl groups is 1. The highest BCUT2D eigenvalue weighted by atomic mass is 16.4. The van der Waals surface area contributed by atoms with Crippen LogP contribution in [0, 0.1) is 0 Å². The summed E-state index contributed by atoms with van der Waals surface area (Å²) in [5, 5.41) is 46.6. The van der Waals surface area contributed by atoms with E-state index in [1.54, 1.807) is 0 Å². The zero-order valence-corrected chi connectivity index (χ0v) is 52.2. The van der Waals surface area contributed by atoms with Gasteiger partial charge in [-0.1, -0.05) is 273 Å². The Balaban J connectivity index is -0.000000461. The number of nitrogens with two attached hydrogens (primary N) is 3. The maximum atomic E-state index is 10.1. The van der Waals surface area contributed by atoms with Crippen molar-refractivity contribution < 1.29 is 50.8 Å². The molecule has 458 valence electrons. The lowest BCUT2D eigenvalue weighted by Gasteiger charge is -2.29. The van der Waals surface area contributed by atoms with Gasteiger partial charge in [0.15, 0.2) is 0 Å². The van der Waals surface area contributed by atoms with Crippen LogP contribution >= 0.6 is 0 Å². The number of quaternary nitrogens is 3. The number of carboxylic acid groups (broad SMARTS) is 3. The molecule has 10 nitrogen and oxygen atoms in total. The quantitative estimate of drug-likeness (QED) is 0.0436. The first-order chi connectivity index (χ1) is 37.0. The molecular weight excluding hydrogens is 947 g/mol. The van der Waals surface area contributed by atoms with E-state index >= 15 is 0 Å². The Morgan fingerprint density at radius 2 is 0.395 bits per heavy atom. The van der Waals surface area contributed by atoms with Crippen LogP contribution in [0.3, 0.4) is 0 Å². The second kappa shape index (κ2) is 73.2. The van der Waals surface area contributed by atoms with Crippen molar-refractivity contribution in [2.75, 3.05) is 39.3 Å². The van der Waals surface area contributed by atoms with E-state index in [9.17, 15) is 29.7 Å². The minimum Gasteiger partial charge on any atom is -0.550 e. The van der Waals surface area contributed by atoms with Gasteiger partial charge in [-0.2, -0.15) is 0 Å². The SMILES string of the molecule is CCCCCCCCCC[NH2+]CCCCCCCCCC.CCCCCCCCCC[NH2+]CCCCCCCCCC.CCCCCCCCCC[NH2+]CCCCCCCCCC.O=C([O-])CC(O)(CC(=O)[O-])C(=O)[O-]. The molecule has 0 spiro atoms. The molecule has 10 heteroatoms. The van der Waals surface area contributed by atoms with Gasteiger partial charge in [0.2, 0.25) is 0 Å². The first-order valence-electron chi connectivity index (χ1n) is 33.8. The average Bonchev–Trinajstić information content (AvgIpc) is 3.39. The third kappa shape index (κ3) is 78.7. The van der Waals surface area contributed by atoms with Gasteiger partial charge in [0.05, 0.1) is 45.2 Å². The highest BCUT2D eigenvalue weighted by Gasteiger charge is 2.29. The Kier molecular flexibility index (Phi) is 77.8. The molecule has 0 aromatic rings. The van der Waals surface area contributed by atoms with E-state index in [0.29, 0.717) is 0 Å². The highest BCUT2D eigenvalue weighted by Crippen LogP contribution is 2.14. The first kappa shape index (κ1) is 80.7. The minimum atomic E-state index is -2.97. The molecule has 0 bridgehead atoms. The van der Waals surface area contributed by atoms with Crippen LogP contribution in [0.15, 0.2) is 0 Å². The zero-order valence-electron chi connectivity index (χ0n) is 52.2. The lowest BCUT2D eigenvalue weighted by atomic mass is 9.96. The fourth-order valence-corrected chi connectivity index (χ4v) is 9.65. The molecule has 0 radical (unpaired) electrons. The molecule has 0 saturated carbocycles. The van der Waals surface area contributed by atoms with Gasteiger partial charge in [0.25, 0.3) is 0 Å². The summed E-state index contributed by atoms with van der Waals surface area (Å²) in [6, 6.07) is 0. The van der Waals surface area contributed by atoms with Gasteiger partial charge in [0, 0.05) is 24.8 Å². The van der Waals surface area contributed by atoms with Crippen LogP contribution < -0.4 is 31.3 Å². The second-order valence-electron chi connectivity index (χ2n) is 22.9. The number of hydrogen-bond acceptors (Lipinski definition) is 7. The predicted molar refractivity (Wildman–Crippen MR) is 320 cm³/mol. The summed E-state index contributed by atoms with van der Waals surface area (Å²) in [6.45, 7) is 22.0. The van der Waals surface area contributed by atoms with Gasteiger partial charge in [-0.25, -0.2) is 0 Å². The van der Waals surface area contributed by atoms with Crippen molar-refractivity contribution >= 4 is 17.9 Å². The monoisotopic (exact) mass is 1080 g/mol. The smallest absolute Gasteiger partial charge is 0.114 e. The van der Waals surface area contributed by atoms with Crippen molar-refractivity contribution in [2.24, 2.45) is 0 Å². The second-order valence-corrected chi connectivity index (χ2v) is 22.9. The molecule has 7 N–H and O–H groups in total. The van der Waals surface area contributed by atoms with E-state index in [0.717, 1.165) is 0 Å². The van der Waals surface area contributed by atoms with Gasteiger partial charge in [0.1, 0.15) is 5.60 Å². The molecule has 0 aliphatic heterocycles. The Labute approximate surface area is 474 Å². The minimum absolute atomic E-state index is 1.36. The van der Waals surface area contributed by atoms with Gasteiger partial charge in [-0.3, -0.25) is 0 Å². The van der Waals surface area contributed by atoms with Crippen molar-refractivity contribution in [1.82, 2.24) is 0 Å². The molecule has 0 aromatic heterocycles. The summed E-state index contributed by atoms with van der Waals surface area (Å²) in [5.41, 5.74) is -2.97. The molecule has 0 fully saturated rings. The van der Waals surface area contributed by atoms with Crippen LogP contribution in [0.1, 0.15) is 363 Å². The van der Waals surface area contributed by atoms with Gasteiger partial charge in [-0.05, 0) is 77.0 Å². The van der Waals surface area contributed by atoms with Crippen LogP contribution in [-0.2, 0) is 14.4 Å². The largest absolute Gasteiger partial charge is 0.550 e. The van der Waals surface area contributed by atoms with Crippen LogP contribution in [0.4, 0.5) is 0 Å². The van der Waals surface area contributed by atoms with Crippen molar-refractivity contribution in [3.8, 4) is 0 Å². The van der Waals surface area contributed by atoms with Gasteiger partial charge >= 0.3 is 0 Å². The maximum absolute atomic E-state index is 10.1. The Morgan fingerprint density at radius 1 is 0.263 bits per heavy atom. The number of rotatable bonds is 59. The molecule has 0 saturated heterocycles. The number of carbonyl (C=O) groups is 3. The normalized spacial score (nSPS) is 11.1. The van der Waals surface area contributed by atoms with E-state index in [2.05, 4.69) is 57.5 Å². The Hall–Kier alpha value is -1.75. The van der Waals surface area contributed by atoms with Crippen molar-refractivity contribution in [3.05, 3.63) is 0 Å². The standard InChI is InChI=1S/3C20H43N.C6H8O7/c3*1-3-5-7-9-11-13-15-17-19-21-20-18-16-14-12-10-8-6-4-2;7-3(8)1-6(13,5(11)12)2-4(9)10/h3*21H,3-20H2,1-2H3;13H,1-2H2,(H,7,8)(H,9,10)(H,11,12). The van der Waals surface area contributed by atoms with Crippen molar-refractivity contribution in [2.45, 2.75) is 368 Å². The topological polar surface area (TPSA) is 190 Å². The molecule has 0 aliphatic carbocycles. The Morgan fingerprint density at radius 3 is 0.513 bits per heavy atom. The van der Waals surface area contributed by atoms with Gasteiger partial charge in [-0.15, -0.1) is 0 Å². The summed E-state index contributed by atoms with van der Waals surface area (Å²) in [4.78, 5) is 30.0. The fraction of sp³-hybridized carbons (Fsp3) is 0.955. The van der Waals surface area contributed by atoms with E-state index in [1.165, 1.54) is 347 Å². The molecule has 0 heterocycles. The zero-order chi connectivity index (χ0) is 57.0. The number of hydrogen-bond donors (Lipinski definition) is 4. The lowest BCUT2D eigenvalue weighted by molar-refractivity contribution is -0.655. The molecule has 0 aromatic carbocycles. The van der Waals surface area contributed by atoms with Gasteiger partial charge < -0.3 is 50.8 Å². The summed E-state index contributed by atoms with van der Waals surface area (Å²) in [7, 11) is 0. The molecule has 0 unspecified atom stereocenters.